The van der Waals surface area contributed by atoms with Crippen LogP contribution in [0.1, 0.15) is 37.4 Å². The van der Waals surface area contributed by atoms with Crippen LogP contribution in [0.15, 0.2) is 41.2 Å². The standard InChI is InChI=1S/C22H19F3N8O2/c23-22(24,25)21(6-7-21)14-9-16(35-32-14)30-20(34)29-15-4-1-11(10-28-15)18-17-13(5-8-27-19(17)26)33(31-18)12-2-3-12/h1,4-5,8-10,12H,2-3,6-7H2,(H2,26,27)(H2,28,29,30,34). The average Bonchev–Trinajstić information content (AvgIpc) is 3.74. The summed E-state index contributed by atoms with van der Waals surface area (Å²) in [5, 5.41) is 13.8. The third-order valence-electron chi connectivity index (χ3n) is 6.35. The van der Waals surface area contributed by atoms with Gasteiger partial charge >= 0.3 is 12.2 Å². The number of urea groups is 1. The van der Waals surface area contributed by atoms with Crippen LogP contribution in [0.5, 0.6) is 0 Å². The molecule has 6 rings (SSSR count). The molecule has 0 bridgehead atoms. The summed E-state index contributed by atoms with van der Waals surface area (Å²) in [4.78, 5) is 20.7. The van der Waals surface area contributed by atoms with Crippen molar-refractivity contribution in [2.75, 3.05) is 16.4 Å². The molecular formula is C22H19F3N8O2. The maximum absolute atomic E-state index is 13.2. The molecule has 4 N–H and O–H groups in total. The van der Waals surface area contributed by atoms with Crippen LogP contribution in [0.25, 0.3) is 22.2 Å². The minimum atomic E-state index is -4.42. The number of rotatable bonds is 5. The molecule has 0 radical (unpaired) electrons. The molecule has 4 aromatic heterocycles. The van der Waals surface area contributed by atoms with Gasteiger partial charge in [-0.15, -0.1) is 0 Å². The molecule has 2 aliphatic carbocycles. The van der Waals surface area contributed by atoms with Crippen LogP contribution in [0.2, 0.25) is 0 Å². The normalized spacial score (nSPS) is 16.9. The SMILES string of the molecule is Nc1nccc2c1c(-c1ccc(NC(=O)Nc3cc(C4(C(F)(F)F)CC4)no3)nc1)nn2C1CC1. The molecule has 2 fully saturated rings. The van der Waals surface area contributed by atoms with Crippen LogP contribution in [-0.4, -0.2) is 37.1 Å². The molecule has 2 amide bonds. The van der Waals surface area contributed by atoms with Crippen LogP contribution in [0, 0.1) is 0 Å². The lowest BCUT2D eigenvalue weighted by Gasteiger charge is -2.15. The fourth-order valence-corrected chi connectivity index (χ4v) is 4.15. The predicted octanol–water partition coefficient (Wildman–Crippen LogP) is 4.64. The van der Waals surface area contributed by atoms with Crippen LogP contribution < -0.4 is 16.4 Å². The molecule has 180 valence electrons. The highest BCUT2D eigenvalue weighted by Crippen LogP contribution is 2.58. The van der Waals surface area contributed by atoms with Gasteiger partial charge in [-0.2, -0.15) is 18.3 Å². The number of anilines is 3. The van der Waals surface area contributed by atoms with Gasteiger partial charge in [0.15, 0.2) is 0 Å². The Bertz CT molecular complexity index is 1440. The summed E-state index contributed by atoms with van der Waals surface area (Å²) in [6, 6.07) is 5.90. The van der Waals surface area contributed by atoms with E-state index in [1.54, 1.807) is 24.5 Å². The van der Waals surface area contributed by atoms with Gasteiger partial charge in [0, 0.05) is 24.0 Å². The molecule has 13 heteroatoms. The zero-order valence-corrected chi connectivity index (χ0v) is 18.1. The smallest absolute Gasteiger partial charge is 0.383 e. The van der Waals surface area contributed by atoms with Crippen molar-refractivity contribution in [3.05, 3.63) is 42.4 Å². The molecule has 0 unspecified atom stereocenters. The molecule has 0 aliphatic heterocycles. The lowest BCUT2D eigenvalue weighted by Crippen LogP contribution is -2.28. The molecule has 4 aromatic rings. The number of nitrogens with one attached hydrogen (secondary N) is 2. The Kier molecular flexibility index (Phi) is 4.53. The summed E-state index contributed by atoms with van der Waals surface area (Å²) in [7, 11) is 0. The Labute approximate surface area is 195 Å². The van der Waals surface area contributed by atoms with Gasteiger partial charge < -0.3 is 10.3 Å². The highest BCUT2D eigenvalue weighted by molar-refractivity contribution is 6.01. The van der Waals surface area contributed by atoms with E-state index in [1.165, 1.54) is 0 Å². The number of aromatic nitrogens is 5. The Morgan fingerprint density at radius 2 is 1.97 bits per heavy atom. The number of fused-ring (bicyclic) bond motifs is 1. The van der Waals surface area contributed by atoms with Crippen molar-refractivity contribution in [3.63, 3.8) is 0 Å². The Balaban J connectivity index is 1.17. The molecule has 2 saturated carbocycles. The number of carbonyl (C=O) groups excluding carboxylic acids is 1. The van der Waals surface area contributed by atoms with Crippen molar-refractivity contribution in [2.24, 2.45) is 0 Å². The topological polar surface area (TPSA) is 137 Å². The number of amides is 2. The fraction of sp³-hybridized carbons (Fsp3) is 0.318. The summed E-state index contributed by atoms with van der Waals surface area (Å²) in [6.07, 6.45) is 0.777. The largest absolute Gasteiger partial charge is 0.400 e. The van der Waals surface area contributed by atoms with Crippen molar-refractivity contribution in [1.29, 1.82) is 0 Å². The first kappa shape index (κ1) is 21.4. The minimum absolute atomic E-state index is 0.0547. The Hall–Kier alpha value is -4.16. The fourth-order valence-electron chi connectivity index (χ4n) is 4.15. The average molecular weight is 484 g/mol. The van der Waals surface area contributed by atoms with Gasteiger partial charge in [-0.25, -0.2) is 14.8 Å². The quantitative estimate of drug-likeness (QED) is 0.375. The van der Waals surface area contributed by atoms with E-state index in [2.05, 4.69) is 25.8 Å². The first-order valence-corrected chi connectivity index (χ1v) is 11.0. The van der Waals surface area contributed by atoms with E-state index in [0.717, 1.165) is 29.8 Å². The number of hydrogen-bond acceptors (Lipinski definition) is 7. The minimum Gasteiger partial charge on any atom is -0.383 e. The van der Waals surface area contributed by atoms with E-state index < -0.39 is 17.6 Å². The summed E-state index contributed by atoms with van der Waals surface area (Å²) < 4.78 is 46.6. The van der Waals surface area contributed by atoms with E-state index >= 15 is 0 Å². The summed E-state index contributed by atoms with van der Waals surface area (Å²) in [6.45, 7) is 0. The van der Waals surface area contributed by atoms with Crippen molar-refractivity contribution in [1.82, 2.24) is 24.9 Å². The van der Waals surface area contributed by atoms with Gasteiger partial charge in [0.25, 0.3) is 0 Å². The molecule has 0 spiro atoms. The molecule has 4 heterocycles. The van der Waals surface area contributed by atoms with Gasteiger partial charge in [0.1, 0.15) is 28.4 Å². The van der Waals surface area contributed by atoms with Crippen molar-refractivity contribution in [3.8, 4) is 11.3 Å². The van der Waals surface area contributed by atoms with E-state index in [-0.39, 0.29) is 30.2 Å². The number of nitrogens with two attached hydrogens (primary N) is 1. The van der Waals surface area contributed by atoms with Crippen LogP contribution in [0.4, 0.5) is 35.5 Å². The molecule has 10 nitrogen and oxygen atoms in total. The molecule has 2 aliphatic rings. The zero-order chi connectivity index (χ0) is 24.4. The third-order valence-corrected chi connectivity index (χ3v) is 6.35. The van der Waals surface area contributed by atoms with Gasteiger partial charge in [0.05, 0.1) is 16.9 Å². The Morgan fingerprint density at radius 1 is 1.17 bits per heavy atom. The van der Waals surface area contributed by atoms with E-state index in [0.29, 0.717) is 23.1 Å². The summed E-state index contributed by atoms with van der Waals surface area (Å²) in [5.74, 6) is 0.401. The second-order valence-corrected chi connectivity index (χ2v) is 8.78. The maximum Gasteiger partial charge on any atom is 0.400 e. The van der Waals surface area contributed by atoms with Crippen molar-refractivity contribution in [2.45, 2.75) is 43.3 Å². The molecule has 0 aromatic carbocycles. The number of pyridine rings is 2. The number of carbonyl (C=O) groups is 1. The van der Waals surface area contributed by atoms with E-state index in [1.807, 2.05) is 10.7 Å². The van der Waals surface area contributed by atoms with Gasteiger partial charge in [0.2, 0.25) is 5.88 Å². The third kappa shape index (κ3) is 3.63. The van der Waals surface area contributed by atoms with Crippen LogP contribution in [0.3, 0.4) is 0 Å². The van der Waals surface area contributed by atoms with Crippen LogP contribution in [-0.2, 0) is 5.41 Å². The van der Waals surface area contributed by atoms with Gasteiger partial charge in [-0.3, -0.25) is 15.3 Å². The highest BCUT2D eigenvalue weighted by atomic mass is 19.4. The lowest BCUT2D eigenvalue weighted by atomic mass is 10.0. The number of nitrogen functional groups attached to an aromatic ring is 1. The van der Waals surface area contributed by atoms with E-state index in [4.69, 9.17) is 15.4 Å². The first-order chi connectivity index (χ1) is 16.7. The Morgan fingerprint density at radius 3 is 2.63 bits per heavy atom. The molecule has 35 heavy (non-hydrogen) atoms. The zero-order valence-electron chi connectivity index (χ0n) is 18.1. The monoisotopic (exact) mass is 484 g/mol. The maximum atomic E-state index is 13.2. The summed E-state index contributed by atoms with van der Waals surface area (Å²) >= 11 is 0. The second-order valence-electron chi connectivity index (χ2n) is 8.78. The predicted molar refractivity (Wildman–Crippen MR) is 120 cm³/mol. The summed E-state index contributed by atoms with van der Waals surface area (Å²) in [5.41, 5.74) is 6.15. The van der Waals surface area contributed by atoms with Crippen molar-refractivity contribution >= 4 is 34.5 Å². The van der Waals surface area contributed by atoms with Crippen molar-refractivity contribution < 1.29 is 22.5 Å². The van der Waals surface area contributed by atoms with Gasteiger partial charge in [-0.05, 0) is 43.9 Å². The van der Waals surface area contributed by atoms with Crippen LogP contribution >= 0.6 is 0 Å². The highest BCUT2D eigenvalue weighted by Gasteiger charge is 2.66. The number of hydrogen-bond donors (Lipinski definition) is 3. The lowest BCUT2D eigenvalue weighted by molar-refractivity contribution is -0.161. The number of nitrogens with zero attached hydrogens (tertiary/aromatic N) is 5. The number of alkyl halides is 3. The first-order valence-electron chi connectivity index (χ1n) is 11.0. The molecular weight excluding hydrogens is 465 g/mol. The van der Waals surface area contributed by atoms with Gasteiger partial charge in [-0.1, -0.05) is 5.16 Å². The van der Waals surface area contributed by atoms with E-state index in [9.17, 15) is 18.0 Å². The number of halogens is 3. The molecule has 0 saturated heterocycles. The second kappa shape index (κ2) is 7.42. The molecule has 0 atom stereocenters.